The molecule has 0 fully saturated rings. The second-order valence-electron chi connectivity index (χ2n) is 5.32. The molecule has 0 aliphatic heterocycles. The Morgan fingerprint density at radius 1 is 1.24 bits per heavy atom. The van der Waals surface area contributed by atoms with Gasteiger partial charge in [-0.05, 0) is 58.0 Å². The number of nitrogens with two attached hydrogens (primary N) is 1. The summed E-state index contributed by atoms with van der Waals surface area (Å²) in [6.45, 7) is 7.39. The van der Waals surface area contributed by atoms with Crippen molar-refractivity contribution in [2.75, 3.05) is 20.6 Å². The van der Waals surface area contributed by atoms with Crippen LogP contribution in [0.1, 0.15) is 36.1 Å². The van der Waals surface area contributed by atoms with Crippen molar-refractivity contribution in [2.45, 2.75) is 33.2 Å². The fourth-order valence-corrected chi connectivity index (χ4v) is 2.67. The SMILES string of the molecule is Cc1ccc(C(C(C)CCN)N(C)C)c(C)c1. The van der Waals surface area contributed by atoms with Crippen LogP contribution in [-0.4, -0.2) is 25.5 Å². The van der Waals surface area contributed by atoms with Crippen LogP contribution in [0.4, 0.5) is 0 Å². The number of aryl methyl sites for hydroxylation is 2. The van der Waals surface area contributed by atoms with Crippen molar-refractivity contribution >= 4 is 0 Å². The van der Waals surface area contributed by atoms with Crippen LogP contribution in [0.25, 0.3) is 0 Å². The van der Waals surface area contributed by atoms with Crippen LogP contribution < -0.4 is 5.73 Å². The summed E-state index contributed by atoms with van der Waals surface area (Å²) in [4.78, 5) is 2.30. The highest BCUT2D eigenvalue weighted by molar-refractivity contribution is 5.33. The van der Waals surface area contributed by atoms with Gasteiger partial charge in [0.15, 0.2) is 0 Å². The maximum Gasteiger partial charge on any atom is 0.0370 e. The molecule has 96 valence electrons. The molecular weight excluding hydrogens is 208 g/mol. The molecule has 17 heavy (non-hydrogen) atoms. The highest BCUT2D eigenvalue weighted by atomic mass is 15.1. The molecule has 0 heterocycles. The molecule has 2 unspecified atom stereocenters. The standard InChI is InChI=1S/C15H26N2/c1-11-6-7-14(13(3)10-11)15(17(4)5)12(2)8-9-16/h6-7,10,12,15H,8-9,16H2,1-5H3. The Labute approximate surface area is 106 Å². The number of benzene rings is 1. The molecule has 1 rings (SSSR count). The summed E-state index contributed by atoms with van der Waals surface area (Å²) in [6, 6.07) is 7.19. The van der Waals surface area contributed by atoms with Gasteiger partial charge in [0, 0.05) is 6.04 Å². The summed E-state index contributed by atoms with van der Waals surface area (Å²) in [5.74, 6) is 0.580. The lowest BCUT2D eigenvalue weighted by Gasteiger charge is -2.31. The molecule has 0 saturated heterocycles. The van der Waals surface area contributed by atoms with Gasteiger partial charge in [0.1, 0.15) is 0 Å². The monoisotopic (exact) mass is 234 g/mol. The van der Waals surface area contributed by atoms with E-state index in [-0.39, 0.29) is 0 Å². The minimum atomic E-state index is 0.458. The molecule has 0 aromatic heterocycles. The van der Waals surface area contributed by atoms with Crippen molar-refractivity contribution in [3.63, 3.8) is 0 Å². The molecule has 0 radical (unpaired) electrons. The summed E-state index contributed by atoms with van der Waals surface area (Å²) in [7, 11) is 4.30. The summed E-state index contributed by atoms with van der Waals surface area (Å²) >= 11 is 0. The Balaban J connectivity index is 3.05. The van der Waals surface area contributed by atoms with E-state index in [0.29, 0.717) is 12.0 Å². The molecule has 1 aromatic rings. The van der Waals surface area contributed by atoms with Crippen molar-refractivity contribution < 1.29 is 0 Å². The first-order valence-corrected chi connectivity index (χ1v) is 6.41. The van der Waals surface area contributed by atoms with Crippen molar-refractivity contribution in [1.82, 2.24) is 4.90 Å². The summed E-state index contributed by atoms with van der Waals surface area (Å²) in [6.07, 6.45) is 1.07. The van der Waals surface area contributed by atoms with E-state index >= 15 is 0 Å². The summed E-state index contributed by atoms with van der Waals surface area (Å²) in [5, 5.41) is 0. The fraction of sp³-hybridized carbons (Fsp3) is 0.600. The van der Waals surface area contributed by atoms with E-state index in [1.165, 1.54) is 16.7 Å². The molecule has 0 aliphatic carbocycles. The molecular formula is C15H26N2. The highest BCUT2D eigenvalue weighted by Crippen LogP contribution is 2.31. The van der Waals surface area contributed by atoms with Gasteiger partial charge < -0.3 is 10.6 Å². The molecule has 0 saturated carbocycles. The van der Waals surface area contributed by atoms with E-state index in [2.05, 4.69) is 58.0 Å². The van der Waals surface area contributed by atoms with Crippen molar-refractivity contribution in [3.8, 4) is 0 Å². The molecule has 2 atom stereocenters. The van der Waals surface area contributed by atoms with Crippen LogP contribution in [0, 0.1) is 19.8 Å². The van der Waals surface area contributed by atoms with E-state index in [0.717, 1.165) is 13.0 Å². The van der Waals surface area contributed by atoms with Crippen LogP contribution in [0.15, 0.2) is 18.2 Å². The molecule has 0 aliphatic rings. The van der Waals surface area contributed by atoms with Crippen LogP contribution in [-0.2, 0) is 0 Å². The minimum Gasteiger partial charge on any atom is -0.330 e. The second-order valence-corrected chi connectivity index (χ2v) is 5.32. The number of rotatable bonds is 5. The van der Waals surface area contributed by atoms with E-state index in [1.807, 2.05) is 0 Å². The van der Waals surface area contributed by atoms with Crippen LogP contribution in [0.3, 0.4) is 0 Å². The largest absolute Gasteiger partial charge is 0.330 e. The van der Waals surface area contributed by atoms with Crippen molar-refractivity contribution in [2.24, 2.45) is 11.7 Å². The average Bonchev–Trinajstić information content (AvgIpc) is 2.21. The maximum absolute atomic E-state index is 5.69. The molecule has 0 amide bonds. The first-order valence-electron chi connectivity index (χ1n) is 6.41. The van der Waals surface area contributed by atoms with Gasteiger partial charge in [-0.1, -0.05) is 30.7 Å². The number of hydrogen-bond acceptors (Lipinski definition) is 2. The van der Waals surface area contributed by atoms with Gasteiger partial charge in [-0.15, -0.1) is 0 Å². The van der Waals surface area contributed by atoms with Crippen LogP contribution in [0.5, 0.6) is 0 Å². The van der Waals surface area contributed by atoms with Gasteiger partial charge in [0.2, 0.25) is 0 Å². The fourth-order valence-electron chi connectivity index (χ4n) is 2.67. The highest BCUT2D eigenvalue weighted by Gasteiger charge is 2.22. The molecule has 2 heteroatoms. The minimum absolute atomic E-state index is 0.458. The number of hydrogen-bond donors (Lipinski definition) is 1. The quantitative estimate of drug-likeness (QED) is 0.849. The third kappa shape index (κ3) is 3.55. The third-order valence-electron chi connectivity index (χ3n) is 3.46. The van der Waals surface area contributed by atoms with Gasteiger partial charge in [0.05, 0.1) is 0 Å². The molecule has 2 N–H and O–H groups in total. The van der Waals surface area contributed by atoms with E-state index < -0.39 is 0 Å². The van der Waals surface area contributed by atoms with Crippen molar-refractivity contribution in [3.05, 3.63) is 34.9 Å². The lowest BCUT2D eigenvalue weighted by molar-refractivity contribution is 0.216. The smallest absolute Gasteiger partial charge is 0.0370 e. The van der Waals surface area contributed by atoms with E-state index in [1.54, 1.807) is 0 Å². The normalized spacial score (nSPS) is 15.0. The van der Waals surface area contributed by atoms with Gasteiger partial charge in [-0.2, -0.15) is 0 Å². The Bertz CT molecular complexity index is 358. The first-order chi connectivity index (χ1) is 7.97. The third-order valence-corrected chi connectivity index (χ3v) is 3.46. The van der Waals surface area contributed by atoms with Crippen molar-refractivity contribution in [1.29, 1.82) is 0 Å². The average molecular weight is 234 g/mol. The van der Waals surface area contributed by atoms with Gasteiger partial charge in [-0.3, -0.25) is 0 Å². The Hall–Kier alpha value is -0.860. The first kappa shape index (κ1) is 14.2. The molecule has 0 spiro atoms. The molecule has 1 aromatic carbocycles. The van der Waals surface area contributed by atoms with E-state index in [9.17, 15) is 0 Å². The zero-order chi connectivity index (χ0) is 13.0. The molecule has 0 bridgehead atoms. The zero-order valence-electron chi connectivity index (χ0n) is 11.8. The second kappa shape index (κ2) is 6.18. The van der Waals surface area contributed by atoms with Gasteiger partial charge in [-0.25, -0.2) is 0 Å². The van der Waals surface area contributed by atoms with Gasteiger partial charge >= 0.3 is 0 Å². The Morgan fingerprint density at radius 2 is 1.88 bits per heavy atom. The summed E-state index contributed by atoms with van der Waals surface area (Å²) in [5.41, 5.74) is 9.83. The van der Waals surface area contributed by atoms with Crippen LogP contribution in [0.2, 0.25) is 0 Å². The maximum atomic E-state index is 5.69. The Kier molecular flexibility index (Phi) is 5.16. The molecule has 2 nitrogen and oxygen atoms in total. The van der Waals surface area contributed by atoms with Crippen LogP contribution >= 0.6 is 0 Å². The van der Waals surface area contributed by atoms with Gasteiger partial charge in [0.25, 0.3) is 0 Å². The predicted molar refractivity (Wildman–Crippen MR) is 75.2 cm³/mol. The lowest BCUT2D eigenvalue weighted by Crippen LogP contribution is -2.28. The topological polar surface area (TPSA) is 29.3 Å². The number of nitrogens with zero attached hydrogens (tertiary/aromatic N) is 1. The summed E-state index contributed by atoms with van der Waals surface area (Å²) < 4.78 is 0. The van der Waals surface area contributed by atoms with E-state index in [4.69, 9.17) is 5.73 Å². The lowest BCUT2D eigenvalue weighted by atomic mass is 9.88. The zero-order valence-corrected chi connectivity index (χ0v) is 11.8. The Morgan fingerprint density at radius 3 is 2.35 bits per heavy atom. The predicted octanol–water partition coefficient (Wildman–Crippen LogP) is 2.89.